The third kappa shape index (κ3) is 3.57. The number of hydrogen-bond acceptors (Lipinski definition) is 10. The van der Waals surface area contributed by atoms with Crippen LogP contribution in [0.2, 0.25) is 0 Å². The fourth-order valence-corrected chi connectivity index (χ4v) is 3.01. The summed E-state index contributed by atoms with van der Waals surface area (Å²) < 4.78 is 7.01. The molecule has 26 heavy (non-hydrogen) atoms. The van der Waals surface area contributed by atoms with E-state index >= 15 is 0 Å². The predicted octanol–water partition coefficient (Wildman–Crippen LogP) is -1.44. The summed E-state index contributed by atoms with van der Waals surface area (Å²) in [5.74, 6) is 0.543. The first kappa shape index (κ1) is 18.7. The number of nitrogens with two attached hydrogens (primary N) is 2. The summed E-state index contributed by atoms with van der Waals surface area (Å²) in [6.45, 7) is 0.944. The van der Waals surface area contributed by atoms with Crippen molar-refractivity contribution in [3.05, 3.63) is 6.33 Å². The molecular weight excluding hydrogens is 342 g/mol. The van der Waals surface area contributed by atoms with E-state index in [2.05, 4.69) is 20.3 Å². The first-order valence-electron chi connectivity index (χ1n) is 8.63. The number of nitrogens with zero attached hydrogens (tertiary/aromatic N) is 4. The van der Waals surface area contributed by atoms with Crippen molar-refractivity contribution >= 4 is 22.9 Å². The van der Waals surface area contributed by atoms with Crippen molar-refractivity contribution in [2.24, 2.45) is 5.73 Å². The lowest BCUT2D eigenvalue weighted by atomic mass is 10.1. The first-order chi connectivity index (χ1) is 12.6. The maximum Gasteiger partial charge on any atom is 0.224 e. The molecule has 0 bridgehead atoms. The minimum atomic E-state index is -1.23. The van der Waals surface area contributed by atoms with Gasteiger partial charge >= 0.3 is 0 Å². The summed E-state index contributed by atoms with van der Waals surface area (Å²) in [6.07, 6.45) is 0.0880. The molecule has 0 amide bonds. The highest BCUT2D eigenvalue weighted by Gasteiger charge is 2.44. The number of unbranched alkanes of at least 4 members (excludes halogenated alkanes) is 2. The molecule has 4 atom stereocenters. The van der Waals surface area contributed by atoms with Gasteiger partial charge < -0.3 is 36.8 Å². The zero-order valence-electron chi connectivity index (χ0n) is 14.3. The van der Waals surface area contributed by atoms with Gasteiger partial charge in [0.25, 0.3) is 0 Å². The number of fused-ring (bicyclic) bond motifs is 1. The van der Waals surface area contributed by atoms with Crippen molar-refractivity contribution in [3.8, 4) is 0 Å². The second kappa shape index (κ2) is 8.10. The third-order valence-corrected chi connectivity index (χ3v) is 4.40. The van der Waals surface area contributed by atoms with Crippen LogP contribution in [-0.4, -0.2) is 72.8 Å². The highest BCUT2D eigenvalue weighted by Crippen LogP contribution is 2.32. The van der Waals surface area contributed by atoms with E-state index in [0.29, 0.717) is 30.1 Å². The number of ether oxygens (including phenoxy) is 1. The van der Waals surface area contributed by atoms with Gasteiger partial charge in [-0.2, -0.15) is 9.97 Å². The van der Waals surface area contributed by atoms with Gasteiger partial charge in [0.15, 0.2) is 23.2 Å². The van der Waals surface area contributed by atoms with Crippen molar-refractivity contribution in [2.45, 2.75) is 43.8 Å². The Kier molecular flexibility index (Phi) is 5.84. The molecule has 8 N–H and O–H groups in total. The highest BCUT2D eigenvalue weighted by atomic mass is 16.6. The monoisotopic (exact) mass is 367 g/mol. The van der Waals surface area contributed by atoms with E-state index in [1.807, 2.05) is 0 Å². The zero-order valence-corrected chi connectivity index (χ0v) is 14.3. The smallest absolute Gasteiger partial charge is 0.224 e. The van der Waals surface area contributed by atoms with Crippen LogP contribution in [0.3, 0.4) is 0 Å². The molecule has 0 aliphatic carbocycles. The summed E-state index contributed by atoms with van der Waals surface area (Å²) in [6, 6.07) is 0. The van der Waals surface area contributed by atoms with Gasteiger partial charge in [0.2, 0.25) is 5.95 Å². The standard InChI is InChI=1S/C15H25N7O4/c16-4-2-1-3-5-18-12-9-13(21-15(17)20-12)22(7-19-9)14-11(25)10(24)8(6-23)26-14/h7-8,10-11,14,23-25H,1-6,16H2,(H3,17,18,20,21)/t8-,10-,11-,14?/m1/s1. The largest absolute Gasteiger partial charge is 0.394 e. The molecule has 11 heteroatoms. The summed E-state index contributed by atoms with van der Waals surface area (Å²) in [5.41, 5.74) is 12.1. The maximum absolute atomic E-state index is 10.2. The van der Waals surface area contributed by atoms with Gasteiger partial charge in [-0.3, -0.25) is 4.57 Å². The van der Waals surface area contributed by atoms with Crippen molar-refractivity contribution in [3.63, 3.8) is 0 Å². The number of nitrogen functional groups attached to an aromatic ring is 1. The van der Waals surface area contributed by atoms with E-state index in [9.17, 15) is 15.3 Å². The lowest BCUT2D eigenvalue weighted by Crippen LogP contribution is -2.33. The topological polar surface area (TPSA) is 178 Å². The molecule has 3 heterocycles. The van der Waals surface area contributed by atoms with Crippen molar-refractivity contribution < 1.29 is 20.1 Å². The molecule has 144 valence electrons. The third-order valence-electron chi connectivity index (χ3n) is 4.40. The Hall–Kier alpha value is -2.05. The number of aliphatic hydroxyl groups is 3. The number of nitrogens with one attached hydrogen (secondary N) is 1. The molecule has 2 aromatic heterocycles. The molecule has 1 aliphatic heterocycles. The van der Waals surface area contributed by atoms with Crippen LogP contribution in [0.5, 0.6) is 0 Å². The molecule has 0 radical (unpaired) electrons. The molecule has 11 nitrogen and oxygen atoms in total. The van der Waals surface area contributed by atoms with Gasteiger partial charge in [0, 0.05) is 6.54 Å². The molecule has 0 spiro atoms. The van der Waals surface area contributed by atoms with Crippen LogP contribution >= 0.6 is 0 Å². The summed E-state index contributed by atoms with van der Waals surface area (Å²) in [4.78, 5) is 12.7. The van der Waals surface area contributed by atoms with E-state index in [0.717, 1.165) is 19.3 Å². The molecular formula is C15H25N7O4. The number of anilines is 2. The van der Waals surface area contributed by atoms with Gasteiger partial charge in [-0.15, -0.1) is 0 Å². The second-order valence-electron chi connectivity index (χ2n) is 6.26. The van der Waals surface area contributed by atoms with Gasteiger partial charge in [-0.1, -0.05) is 6.42 Å². The maximum atomic E-state index is 10.2. The van der Waals surface area contributed by atoms with Crippen LogP contribution in [0.15, 0.2) is 6.33 Å². The average molecular weight is 367 g/mol. The van der Waals surface area contributed by atoms with E-state index in [4.69, 9.17) is 16.2 Å². The second-order valence-corrected chi connectivity index (χ2v) is 6.26. The van der Waals surface area contributed by atoms with Crippen molar-refractivity contribution in [2.75, 3.05) is 30.7 Å². The van der Waals surface area contributed by atoms with Gasteiger partial charge in [0.05, 0.1) is 12.9 Å². The Balaban J connectivity index is 1.83. The van der Waals surface area contributed by atoms with Gasteiger partial charge in [-0.05, 0) is 19.4 Å². The van der Waals surface area contributed by atoms with E-state index < -0.39 is 31.1 Å². The lowest BCUT2D eigenvalue weighted by molar-refractivity contribution is -0.0511. The molecule has 3 rings (SSSR count). The van der Waals surface area contributed by atoms with Crippen LogP contribution in [0, 0.1) is 0 Å². The molecule has 1 saturated heterocycles. The SMILES string of the molecule is NCCCCCNc1nc(N)nc2c1ncn2C1O[C@H](CO)[C@@H](O)[C@H]1O. The molecule has 1 aliphatic rings. The molecule has 0 aromatic carbocycles. The Morgan fingerprint density at radius 3 is 2.69 bits per heavy atom. The Bertz CT molecular complexity index is 740. The summed E-state index contributed by atoms with van der Waals surface area (Å²) >= 11 is 0. The van der Waals surface area contributed by atoms with Crippen molar-refractivity contribution in [1.82, 2.24) is 19.5 Å². The number of hydrogen-bond donors (Lipinski definition) is 6. The first-order valence-corrected chi connectivity index (χ1v) is 8.63. The van der Waals surface area contributed by atoms with E-state index in [1.54, 1.807) is 0 Å². The van der Waals surface area contributed by atoms with Crippen LogP contribution < -0.4 is 16.8 Å². The zero-order chi connectivity index (χ0) is 18.7. The lowest BCUT2D eigenvalue weighted by Gasteiger charge is -2.16. The number of imidazole rings is 1. The quantitative estimate of drug-likeness (QED) is 0.303. The molecule has 2 aromatic rings. The van der Waals surface area contributed by atoms with Crippen LogP contribution in [0.1, 0.15) is 25.5 Å². The number of aliphatic hydroxyl groups excluding tert-OH is 3. The minimum Gasteiger partial charge on any atom is -0.394 e. The Morgan fingerprint density at radius 1 is 1.19 bits per heavy atom. The number of aromatic nitrogens is 4. The fourth-order valence-electron chi connectivity index (χ4n) is 3.01. The molecule has 1 fully saturated rings. The average Bonchev–Trinajstić information content (AvgIpc) is 3.16. The molecule has 1 unspecified atom stereocenters. The number of rotatable bonds is 8. The van der Waals surface area contributed by atoms with Gasteiger partial charge in [-0.25, -0.2) is 4.98 Å². The Labute approximate surface area is 150 Å². The highest BCUT2D eigenvalue weighted by molar-refractivity contribution is 5.84. The molecule has 0 saturated carbocycles. The normalized spacial score (nSPS) is 25.8. The van der Waals surface area contributed by atoms with Crippen LogP contribution in [0.25, 0.3) is 11.2 Å². The van der Waals surface area contributed by atoms with E-state index in [1.165, 1.54) is 10.9 Å². The predicted molar refractivity (Wildman–Crippen MR) is 94.1 cm³/mol. The summed E-state index contributed by atoms with van der Waals surface area (Å²) in [5, 5.41) is 32.6. The van der Waals surface area contributed by atoms with Crippen LogP contribution in [0.4, 0.5) is 11.8 Å². The minimum absolute atomic E-state index is 0.0513. The summed E-state index contributed by atoms with van der Waals surface area (Å²) in [7, 11) is 0. The van der Waals surface area contributed by atoms with Crippen molar-refractivity contribution in [1.29, 1.82) is 0 Å². The van der Waals surface area contributed by atoms with E-state index in [-0.39, 0.29) is 5.95 Å². The van der Waals surface area contributed by atoms with Crippen LogP contribution in [-0.2, 0) is 4.74 Å². The fraction of sp³-hybridized carbons (Fsp3) is 0.667. The van der Waals surface area contributed by atoms with Gasteiger partial charge in [0.1, 0.15) is 18.3 Å². The Morgan fingerprint density at radius 2 is 2.00 bits per heavy atom.